The van der Waals surface area contributed by atoms with Crippen LogP contribution in [-0.2, 0) is 38.6 Å². The largest absolute Gasteiger partial charge is 0.366 e. The van der Waals surface area contributed by atoms with Crippen LogP contribution in [-0.4, -0.2) is 111 Å². The van der Waals surface area contributed by atoms with Crippen molar-refractivity contribution < 1.29 is 38.5 Å². The molecule has 1 aliphatic heterocycles. The number of sulfonamides is 1. The SMILES string of the molecule is CN1CCCN(S(=O)(=O)c2cc([N+](=O)[O-])ccc2N(CCOS(C)(=O)=O)CCOS(C)(=O)=O)CC1. The van der Waals surface area contributed by atoms with E-state index in [4.69, 9.17) is 8.37 Å². The molecule has 1 aromatic rings. The second-order valence-electron chi connectivity index (χ2n) is 8.01. The molecule has 35 heavy (non-hydrogen) atoms. The maximum Gasteiger partial charge on any atom is 0.270 e. The number of anilines is 1. The van der Waals surface area contributed by atoms with Crippen molar-refractivity contribution in [3.8, 4) is 0 Å². The van der Waals surface area contributed by atoms with Gasteiger partial charge in [0.05, 0.1) is 36.3 Å². The summed E-state index contributed by atoms with van der Waals surface area (Å²) >= 11 is 0. The molecule has 0 spiro atoms. The Balaban J connectivity index is 2.50. The Morgan fingerprint density at radius 3 is 2.03 bits per heavy atom. The van der Waals surface area contributed by atoms with Crippen molar-refractivity contribution in [3.05, 3.63) is 28.3 Å². The summed E-state index contributed by atoms with van der Waals surface area (Å²) in [5.41, 5.74) is -0.415. The third kappa shape index (κ3) is 9.25. The highest BCUT2D eigenvalue weighted by Gasteiger charge is 2.32. The second-order valence-corrected chi connectivity index (χ2v) is 13.2. The summed E-state index contributed by atoms with van der Waals surface area (Å²) < 4.78 is 83.5. The molecule has 1 fully saturated rings. The Morgan fingerprint density at radius 2 is 1.51 bits per heavy atom. The number of rotatable bonds is 12. The molecule has 1 aromatic carbocycles. The second kappa shape index (κ2) is 11.9. The van der Waals surface area contributed by atoms with Gasteiger partial charge in [-0.1, -0.05) is 0 Å². The summed E-state index contributed by atoms with van der Waals surface area (Å²) in [5, 5.41) is 11.4. The average molecular weight is 559 g/mol. The summed E-state index contributed by atoms with van der Waals surface area (Å²) in [4.78, 5) is 13.7. The number of nitro benzene ring substituents is 1. The van der Waals surface area contributed by atoms with E-state index in [2.05, 4.69) is 0 Å². The normalized spacial score (nSPS) is 16.7. The van der Waals surface area contributed by atoms with Crippen LogP contribution >= 0.6 is 0 Å². The maximum atomic E-state index is 13.6. The summed E-state index contributed by atoms with van der Waals surface area (Å²) in [7, 11) is -9.95. The Bertz CT molecular complexity index is 1180. The number of nitrogens with zero attached hydrogens (tertiary/aromatic N) is 4. The fourth-order valence-electron chi connectivity index (χ4n) is 3.44. The van der Waals surface area contributed by atoms with E-state index in [9.17, 15) is 35.4 Å². The molecule has 2 rings (SSSR count). The van der Waals surface area contributed by atoms with Gasteiger partial charge in [-0.25, -0.2) is 8.42 Å². The molecule has 14 nitrogen and oxygen atoms in total. The minimum Gasteiger partial charge on any atom is -0.366 e. The first kappa shape index (κ1) is 29.3. The van der Waals surface area contributed by atoms with Crippen LogP contribution in [0.1, 0.15) is 6.42 Å². The molecule has 200 valence electrons. The lowest BCUT2D eigenvalue weighted by Gasteiger charge is -2.28. The summed E-state index contributed by atoms with van der Waals surface area (Å²) in [5.74, 6) is 0. The van der Waals surface area contributed by atoms with Crippen molar-refractivity contribution in [2.24, 2.45) is 0 Å². The molecule has 0 amide bonds. The van der Waals surface area contributed by atoms with Gasteiger partial charge in [0.1, 0.15) is 4.90 Å². The molecular weight excluding hydrogens is 528 g/mol. The van der Waals surface area contributed by atoms with E-state index >= 15 is 0 Å². The first-order valence-electron chi connectivity index (χ1n) is 10.5. The van der Waals surface area contributed by atoms with Crippen LogP contribution in [0, 0.1) is 10.1 Å². The van der Waals surface area contributed by atoms with Crippen molar-refractivity contribution in [3.63, 3.8) is 0 Å². The van der Waals surface area contributed by atoms with Gasteiger partial charge in [0.25, 0.3) is 25.9 Å². The van der Waals surface area contributed by atoms with Crippen LogP contribution in [0.4, 0.5) is 11.4 Å². The van der Waals surface area contributed by atoms with Crippen molar-refractivity contribution in [1.82, 2.24) is 9.21 Å². The number of nitro groups is 1. The molecule has 0 aromatic heterocycles. The molecule has 1 heterocycles. The van der Waals surface area contributed by atoms with Gasteiger partial charge in [0.15, 0.2) is 0 Å². The smallest absolute Gasteiger partial charge is 0.270 e. The van der Waals surface area contributed by atoms with Gasteiger partial charge in [-0.05, 0) is 26.1 Å². The third-order valence-electron chi connectivity index (χ3n) is 5.11. The van der Waals surface area contributed by atoms with E-state index in [0.717, 1.165) is 24.6 Å². The minimum absolute atomic E-state index is 0.0300. The molecule has 0 N–H and O–H groups in total. The molecule has 0 saturated carbocycles. The average Bonchev–Trinajstić information content (AvgIpc) is 2.95. The molecule has 1 aliphatic rings. The summed E-state index contributed by atoms with van der Waals surface area (Å²) in [6.45, 7) is 0.472. The first-order valence-corrected chi connectivity index (χ1v) is 15.6. The number of hydrogen-bond acceptors (Lipinski definition) is 12. The zero-order chi connectivity index (χ0) is 26.4. The Morgan fingerprint density at radius 1 is 0.943 bits per heavy atom. The Hall–Kier alpha value is -1.89. The molecule has 1 saturated heterocycles. The molecule has 0 atom stereocenters. The van der Waals surface area contributed by atoms with Crippen LogP contribution in [0.25, 0.3) is 0 Å². The van der Waals surface area contributed by atoms with Gasteiger partial charge in [0.2, 0.25) is 10.0 Å². The monoisotopic (exact) mass is 558 g/mol. The zero-order valence-corrected chi connectivity index (χ0v) is 22.1. The van der Waals surface area contributed by atoms with E-state index in [1.54, 1.807) is 0 Å². The maximum absolute atomic E-state index is 13.6. The fourth-order valence-corrected chi connectivity index (χ4v) is 5.89. The molecule has 17 heteroatoms. The van der Waals surface area contributed by atoms with E-state index in [0.29, 0.717) is 19.5 Å². The molecule has 0 unspecified atom stereocenters. The number of hydrogen-bond donors (Lipinski definition) is 0. The molecule has 0 aliphatic carbocycles. The lowest BCUT2D eigenvalue weighted by Crippen LogP contribution is -2.37. The van der Waals surface area contributed by atoms with Crippen LogP contribution < -0.4 is 4.90 Å². The van der Waals surface area contributed by atoms with Gasteiger partial charge in [-0.3, -0.25) is 18.5 Å². The Labute approximate surface area is 205 Å². The Kier molecular flexibility index (Phi) is 9.97. The highest BCUT2D eigenvalue weighted by atomic mass is 32.2. The standard InChI is InChI=1S/C18H30N4O10S3/c1-19-7-4-8-21(10-9-19)35(29,30)18-15-16(22(23)24)5-6-17(18)20(11-13-31-33(2,25)26)12-14-32-34(3,27)28/h5-6,15H,4,7-14H2,1-3H3. The quantitative estimate of drug-likeness (QED) is 0.186. The van der Waals surface area contributed by atoms with Gasteiger partial charge < -0.3 is 9.80 Å². The van der Waals surface area contributed by atoms with E-state index in [-0.39, 0.29) is 50.0 Å². The first-order chi connectivity index (χ1) is 16.1. The van der Waals surface area contributed by atoms with E-state index in [1.165, 1.54) is 15.3 Å². The third-order valence-corrected chi connectivity index (χ3v) is 8.23. The topological polar surface area (TPSA) is 174 Å². The highest BCUT2D eigenvalue weighted by Crippen LogP contribution is 2.32. The van der Waals surface area contributed by atoms with Gasteiger partial charge in [0, 0.05) is 44.9 Å². The van der Waals surface area contributed by atoms with Crippen LogP contribution in [0.15, 0.2) is 23.1 Å². The highest BCUT2D eigenvalue weighted by molar-refractivity contribution is 7.89. The number of benzene rings is 1. The van der Waals surface area contributed by atoms with Crippen LogP contribution in [0.5, 0.6) is 0 Å². The predicted octanol–water partition coefficient (Wildman–Crippen LogP) is -0.320. The van der Waals surface area contributed by atoms with Crippen molar-refractivity contribution >= 4 is 41.6 Å². The van der Waals surface area contributed by atoms with Crippen molar-refractivity contribution in [1.29, 1.82) is 0 Å². The van der Waals surface area contributed by atoms with Crippen LogP contribution in [0.2, 0.25) is 0 Å². The fraction of sp³-hybridized carbons (Fsp3) is 0.667. The predicted molar refractivity (Wildman–Crippen MR) is 128 cm³/mol. The molecule has 0 radical (unpaired) electrons. The zero-order valence-electron chi connectivity index (χ0n) is 19.7. The van der Waals surface area contributed by atoms with Gasteiger partial charge >= 0.3 is 0 Å². The van der Waals surface area contributed by atoms with Crippen LogP contribution in [0.3, 0.4) is 0 Å². The van der Waals surface area contributed by atoms with E-state index < -0.39 is 40.9 Å². The molecule has 0 bridgehead atoms. The van der Waals surface area contributed by atoms with E-state index in [1.807, 2.05) is 11.9 Å². The minimum atomic E-state index is -4.20. The molecular formula is C18H30N4O10S3. The van der Waals surface area contributed by atoms with Crippen molar-refractivity contribution in [2.75, 3.05) is 76.9 Å². The van der Waals surface area contributed by atoms with Crippen molar-refractivity contribution in [2.45, 2.75) is 11.3 Å². The number of likely N-dealkylation sites (N-methyl/N-ethyl adjacent to an activating group) is 1. The summed E-state index contributed by atoms with van der Waals surface area (Å²) in [6, 6.07) is 3.30. The summed E-state index contributed by atoms with van der Waals surface area (Å²) in [6.07, 6.45) is 2.26. The lowest BCUT2D eigenvalue weighted by atomic mass is 10.2. The lowest BCUT2D eigenvalue weighted by molar-refractivity contribution is -0.385. The van der Waals surface area contributed by atoms with Gasteiger partial charge in [-0.2, -0.15) is 21.1 Å². The van der Waals surface area contributed by atoms with Gasteiger partial charge in [-0.15, -0.1) is 0 Å². The number of non-ortho nitro benzene ring substituents is 1.